The Morgan fingerprint density at radius 1 is 1.19 bits per heavy atom. The zero-order valence-corrected chi connectivity index (χ0v) is 15.5. The SMILES string of the molecule is Cc1cccc(CN2CCC[C@@H](c3cncc(-n4ccnc4C)n3)C2)c1. The van der Waals surface area contributed by atoms with Gasteiger partial charge in [0.1, 0.15) is 5.82 Å². The van der Waals surface area contributed by atoms with Crippen LogP contribution in [0.1, 0.15) is 41.4 Å². The van der Waals surface area contributed by atoms with Crippen molar-refractivity contribution in [2.45, 2.75) is 39.2 Å². The lowest BCUT2D eigenvalue weighted by Crippen LogP contribution is -2.34. The van der Waals surface area contributed by atoms with E-state index in [-0.39, 0.29) is 0 Å². The van der Waals surface area contributed by atoms with Gasteiger partial charge in [-0.25, -0.2) is 9.97 Å². The Labute approximate surface area is 154 Å². The van der Waals surface area contributed by atoms with Crippen molar-refractivity contribution in [2.24, 2.45) is 0 Å². The topological polar surface area (TPSA) is 46.8 Å². The molecule has 134 valence electrons. The largest absolute Gasteiger partial charge is 0.298 e. The van der Waals surface area contributed by atoms with Crippen molar-refractivity contribution in [3.05, 3.63) is 71.7 Å². The summed E-state index contributed by atoms with van der Waals surface area (Å²) in [5, 5.41) is 0. The quantitative estimate of drug-likeness (QED) is 0.723. The molecule has 1 aliphatic rings. The summed E-state index contributed by atoms with van der Waals surface area (Å²) in [6.07, 6.45) is 9.85. The molecule has 2 aromatic heterocycles. The highest BCUT2D eigenvalue weighted by Crippen LogP contribution is 2.27. The predicted molar refractivity (Wildman–Crippen MR) is 102 cm³/mol. The standard InChI is InChI=1S/C21H25N5/c1-16-5-3-6-18(11-16)14-25-9-4-7-19(15-25)20-12-22-13-21(24-20)26-10-8-23-17(26)2/h3,5-6,8,10-13,19H,4,7,9,14-15H2,1-2H3/t19-/m1/s1. The van der Waals surface area contributed by atoms with Gasteiger partial charge in [-0.15, -0.1) is 0 Å². The van der Waals surface area contributed by atoms with Gasteiger partial charge in [0.15, 0.2) is 5.82 Å². The van der Waals surface area contributed by atoms with Gasteiger partial charge in [0.05, 0.1) is 11.9 Å². The zero-order chi connectivity index (χ0) is 17.9. The first-order valence-corrected chi connectivity index (χ1v) is 9.29. The third kappa shape index (κ3) is 3.68. The Bertz CT molecular complexity index is 885. The van der Waals surface area contributed by atoms with Crippen LogP contribution >= 0.6 is 0 Å². The summed E-state index contributed by atoms with van der Waals surface area (Å²) in [5.74, 6) is 2.22. The number of benzene rings is 1. The van der Waals surface area contributed by atoms with Crippen molar-refractivity contribution in [1.82, 2.24) is 24.4 Å². The number of imidazole rings is 1. The van der Waals surface area contributed by atoms with Crippen LogP contribution in [0.25, 0.3) is 5.82 Å². The van der Waals surface area contributed by atoms with Gasteiger partial charge in [-0.2, -0.15) is 0 Å². The molecule has 1 aromatic carbocycles. The summed E-state index contributed by atoms with van der Waals surface area (Å²) in [7, 11) is 0. The molecule has 0 aliphatic carbocycles. The van der Waals surface area contributed by atoms with Crippen LogP contribution in [0, 0.1) is 13.8 Å². The van der Waals surface area contributed by atoms with Gasteiger partial charge in [-0.05, 0) is 38.8 Å². The molecule has 5 nitrogen and oxygen atoms in total. The first-order chi connectivity index (χ1) is 12.7. The van der Waals surface area contributed by atoms with Gasteiger partial charge >= 0.3 is 0 Å². The molecule has 0 radical (unpaired) electrons. The summed E-state index contributed by atoms with van der Waals surface area (Å²) in [6.45, 7) is 7.33. The second kappa shape index (κ2) is 7.38. The molecule has 1 fully saturated rings. The highest BCUT2D eigenvalue weighted by molar-refractivity contribution is 5.24. The second-order valence-electron chi connectivity index (χ2n) is 7.21. The van der Waals surface area contributed by atoms with E-state index in [0.717, 1.165) is 37.0 Å². The molecule has 5 heteroatoms. The van der Waals surface area contributed by atoms with Crippen molar-refractivity contribution < 1.29 is 0 Å². The van der Waals surface area contributed by atoms with Crippen molar-refractivity contribution >= 4 is 0 Å². The summed E-state index contributed by atoms with van der Waals surface area (Å²) < 4.78 is 1.99. The Balaban J connectivity index is 1.50. The van der Waals surface area contributed by atoms with Gasteiger partial charge in [-0.1, -0.05) is 29.8 Å². The minimum Gasteiger partial charge on any atom is -0.298 e. The number of rotatable bonds is 4. The summed E-state index contributed by atoms with van der Waals surface area (Å²) in [6, 6.07) is 8.81. The minimum absolute atomic E-state index is 0.435. The fourth-order valence-corrected chi connectivity index (χ4v) is 3.81. The molecule has 3 heterocycles. The number of nitrogens with zero attached hydrogens (tertiary/aromatic N) is 5. The molecule has 26 heavy (non-hydrogen) atoms. The van der Waals surface area contributed by atoms with Crippen molar-refractivity contribution in [1.29, 1.82) is 0 Å². The lowest BCUT2D eigenvalue weighted by atomic mass is 9.94. The first kappa shape index (κ1) is 16.9. The van der Waals surface area contributed by atoms with Crippen molar-refractivity contribution in [3.63, 3.8) is 0 Å². The van der Waals surface area contributed by atoms with E-state index in [1.54, 1.807) is 6.20 Å². The fourth-order valence-electron chi connectivity index (χ4n) is 3.81. The number of hydrogen-bond acceptors (Lipinski definition) is 4. The van der Waals surface area contributed by atoms with E-state index < -0.39 is 0 Å². The molecule has 0 N–H and O–H groups in total. The van der Waals surface area contributed by atoms with Crippen LogP contribution in [-0.4, -0.2) is 37.5 Å². The molecule has 1 aliphatic heterocycles. The smallest absolute Gasteiger partial charge is 0.156 e. The molecule has 0 amide bonds. The van der Waals surface area contributed by atoms with Crippen LogP contribution in [0.5, 0.6) is 0 Å². The van der Waals surface area contributed by atoms with Crippen LogP contribution in [0.3, 0.4) is 0 Å². The van der Waals surface area contributed by atoms with E-state index in [9.17, 15) is 0 Å². The average Bonchev–Trinajstić information content (AvgIpc) is 3.08. The van der Waals surface area contributed by atoms with Crippen molar-refractivity contribution in [2.75, 3.05) is 13.1 Å². The second-order valence-corrected chi connectivity index (χ2v) is 7.21. The molecule has 0 unspecified atom stereocenters. The van der Waals surface area contributed by atoms with Gasteiger partial charge < -0.3 is 0 Å². The van der Waals surface area contributed by atoms with E-state index in [2.05, 4.69) is 46.1 Å². The Kier molecular flexibility index (Phi) is 4.80. The van der Waals surface area contributed by atoms with Gasteiger partial charge in [0.25, 0.3) is 0 Å². The maximum Gasteiger partial charge on any atom is 0.156 e. The Morgan fingerprint density at radius 3 is 2.92 bits per heavy atom. The lowest BCUT2D eigenvalue weighted by Gasteiger charge is -2.32. The maximum absolute atomic E-state index is 4.89. The first-order valence-electron chi connectivity index (χ1n) is 9.29. The van der Waals surface area contributed by atoms with Crippen LogP contribution in [0.2, 0.25) is 0 Å². The number of aromatic nitrogens is 4. The molecular weight excluding hydrogens is 322 g/mol. The number of hydrogen-bond donors (Lipinski definition) is 0. The molecule has 3 aromatic rings. The molecule has 0 bridgehead atoms. The highest BCUT2D eigenvalue weighted by Gasteiger charge is 2.23. The Hall–Kier alpha value is -2.53. The number of likely N-dealkylation sites (tertiary alicyclic amines) is 1. The predicted octanol–water partition coefficient (Wildman–Crippen LogP) is 3.66. The van der Waals surface area contributed by atoms with Crippen LogP contribution in [0.4, 0.5) is 0 Å². The van der Waals surface area contributed by atoms with Gasteiger partial charge in [0.2, 0.25) is 0 Å². The molecule has 1 atom stereocenters. The zero-order valence-electron chi connectivity index (χ0n) is 15.5. The number of piperidine rings is 1. The molecule has 0 spiro atoms. The monoisotopic (exact) mass is 347 g/mol. The molecule has 1 saturated heterocycles. The number of aryl methyl sites for hydroxylation is 2. The minimum atomic E-state index is 0.435. The van der Waals surface area contributed by atoms with Gasteiger partial charge in [-0.3, -0.25) is 14.5 Å². The third-order valence-electron chi connectivity index (χ3n) is 5.13. The van der Waals surface area contributed by atoms with Crippen LogP contribution in [0.15, 0.2) is 49.1 Å². The van der Waals surface area contributed by atoms with E-state index in [1.165, 1.54) is 24.0 Å². The van der Waals surface area contributed by atoms with Crippen LogP contribution in [-0.2, 0) is 6.54 Å². The molecular formula is C21H25N5. The molecule has 4 rings (SSSR count). The summed E-state index contributed by atoms with van der Waals surface area (Å²) in [5.41, 5.74) is 3.80. The van der Waals surface area contributed by atoms with E-state index in [4.69, 9.17) is 4.98 Å². The Morgan fingerprint density at radius 2 is 2.12 bits per heavy atom. The molecule has 0 saturated carbocycles. The van der Waals surface area contributed by atoms with Crippen LogP contribution < -0.4 is 0 Å². The van der Waals surface area contributed by atoms with Gasteiger partial charge in [0, 0.05) is 37.6 Å². The van der Waals surface area contributed by atoms with Crippen molar-refractivity contribution in [3.8, 4) is 5.82 Å². The van der Waals surface area contributed by atoms with E-state index in [0.29, 0.717) is 5.92 Å². The van der Waals surface area contributed by atoms with E-state index in [1.807, 2.05) is 30.1 Å². The third-order valence-corrected chi connectivity index (χ3v) is 5.13. The fraction of sp³-hybridized carbons (Fsp3) is 0.381. The normalized spacial score (nSPS) is 18.2. The highest BCUT2D eigenvalue weighted by atomic mass is 15.1. The summed E-state index contributed by atoms with van der Waals surface area (Å²) >= 11 is 0. The lowest BCUT2D eigenvalue weighted by molar-refractivity contribution is 0.198. The maximum atomic E-state index is 4.89. The average molecular weight is 347 g/mol. The van der Waals surface area contributed by atoms with E-state index >= 15 is 0 Å². The summed E-state index contributed by atoms with van der Waals surface area (Å²) in [4.78, 5) is 16.2.